The summed E-state index contributed by atoms with van der Waals surface area (Å²) < 4.78 is 2.22. The summed E-state index contributed by atoms with van der Waals surface area (Å²) in [5, 5.41) is 0. The molecule has 1 rings (SSSR count). The van der Waals surface area contributed by atoms with Gasteiger partial charge in [0.05, 0.1) is 0 Å². The van der Waals surface area contributed by atoms with Crippen LogP contribution in [0.3, 0.4) is 0 Å². The largest absolute Gasteiger partial charge is 0.344 e. The third-order valence-electron chi connectivity index (χ3n) is 0.804. The Hall–Kier alpha value is 0.140. The first-order valence-corrected chi connectivity index (χ1v) is 3.79. The smallest absolute Gasteiger partial charge is 0.0176 e. The van der Waals surface area contributed by atoms with Crippen molar-refractivity contribution in [2.75, 3.05) is 0 Å². The van der Waals surface area contributed by atoms with Gasteiger partial charge in [0, 0.05) is 8.95 Å². The molecule has 3 N–H and O–H groups in total. The minimum Gasteiger partial charge on any atom is -0.344 e. The van der Waals surface area contributed by atoms with E-state index in [0.29, 0.717) is 0 Å². The summed E-state index contributed by atoms with van der Waals surface area (Å²) in [5.41, 5.74) is 0. The predicted molar refractivity (Wildman–Crippen MR) is 46.9 cm³/mol. The number of rotatable bonds is 0. The molecule has 0 amide bonds. The molecule has 0 saturated carbocycles. The highest BCUT2D eigenvalue weighted by molar-refractivity contribution is 9.11. The fourth-order valence-electron chi connectivity index (χ4n) is 0.430. The normalized spacial score (nSPS) is 8.22. The van der Waals surface area contributed by atoms with E-state index in [-0.39, 0.29) is 6.15 Å². The van der Waals surface area contributed by atoms with Crippen molar-refractivity contribution in [3.05, 3.63) is 33.2 Å². The van der Waals surface area contributed by atoms with Crippen LogP contribution in [0, 0.1) is 0 Å². The summed E-state index contributed by atoms with van der Waals surface area (Å²) in [6.45, 7) is 0. The van der Waals surface area contributed by atoms with Gasteiger partial charge in [0.25, 0.3) is 0 Å². The summed E-state index contributed by atoms with van der Waals surface area (Å²) in [6, 6.07) is 7.96. The second-order valence-electron chi connectivity index (χ2n) is 1.44. The maximum absolute atomic E-state index is 3.32. The van der Waals surface area contributed by atoms with Crippen LogP contribution >= 0.6 is 31.9 Å². The van der Waals surface area contributed by atoms with Crippen LogP contribution in [0.1, 0.15) is 0 Å². The molecule has 0 radical (unpaired) electrons. The first-order valence-electron chi connectivity index (χ1n) is 2.20. The Balaban J connectivity index is 0.000000640. The average molecular weight is 253 g/mol. The standard InChI is InChI=1S/C6H4Br2.H3N/c7-5-1-2-6(8)4-3-5;/h1-4H;1H3. The highest BCUT2D eigenvalue weighted by Crippen LogP contribution is 2.13. The number of hydrogen-bond acceptors (Lipinski definition) is 1. The molecular weight excluding hydrogens is 246 g/mol. The topological polar surface area (TPSA) is 35.0 Å². The van der Waals surface area contributed by atoms with Crippen LogP contribution in [0.15, 0.2) is 33.2 Å². The van der Waals surface area contributed by atoms with Crippen molar-refractivity contribution in [3.8, 4) is 0 Å². The van der Waals surface area contributed by atoms with Crippen molar-refractivity contribution in [1.29, 1.82) is 0 Å². The molecule has 9 heavy (non-hydrogen) atoms. The van der Waals surface area contributed by atoms with Gasteiger partial charge in [-0.15, -0.1) is 0 Å². The van der Waals surface area contributed by atoms with Gasteiger partial charge in [0.2, 0.25) is 0 Å². The third kappa shape index (κ3) is 2.98. The van der Waals surface area contributed by atoms with Crippen LogP contribution in [-0.2, 0) is 0 Å². The van der Waals surface area contributed by atoms with E-state index in [2.05, 4.69) is 31.9 Å². The Morgan fingerprint density at radius 1 is 0.778 bits per heavy atom. The highest BCUT2D eigenvalue weighted by Gasteiger charge is 1.83. The first kappa shape index (κ1) is 9.14. The molecule has 0 atom stereocenters. The van der Waals surface area contributed by atoms with Gasteiger partial charge in [0.15, 0.2) is 0 Å². The molecule has 0 aliphatic carbocycles. The second kappa shape index (κ2) is 4.04. The zero-order valence-electron chi connectivity index (χ0n) is 4.77. The Kier molecular flexibility index (Phi) is 4.10. The summed E-state index contributed by atoms with van der Waals surface area (Å²) in [4.78, 5) is 0. The van der Waals surface area contributed by atoms with Crippen molar-refractivity contribution in [2.45, 2.75) is 0 Å². The van der Waals surface area contributed by atoms with Gasteiger partial charge >= 0.3 is 0 Å². The van der Waals surface area contributed by atoms with Gasteiger partial charge in [-0.3, -0.25) is 0 Å². The lowest BCUT2D eigenvalue weighted by Crippen LogP contribution is -1.61. The lowest BCUT2D eigenvalue weighted by Gasteiger charge is -1.86. The lowest BCUT2D eigenvalue weighted by molar-refractivity contribution is 1.61. The fraction of sp³-hybridized carbons (Fsp3) is 0. The quantitative estimate of drug-likeness (QED) is 0.755. The van der Waals surface area contributed by atoms with E-state index in [1.807, 2.05) is 24.3 Å². The zero-order chi connectivity index (χ0) is 5.98. The number of benzene rings is 1. The molecule has 1 nitrogen and oxygen atoms in total. The van der Waals surface area contributed by atoms with Gasteiger partial charge in [-0.25, -0.2) is 0 Å². The van der Waals surface area contributed by atoms with E-state index in [0.717, 1.165) is 8.95 Å². The van der Waals surface area contributed by atoms with Crippen LogP contribution in [0.2, 0.25) is 0 Å². The molecular formula is C6H7Br2N. The SMILES string of the molecule is Brc1ccc(Br)cc1.N. The zero-order valence-corrected chi connectivity index (χ0v) is 7.94. The average Bonchev–Trinajstić information content (AvgIpc) is 1.77. The van der Waals surface area contributed by atoms with E-state index in [4.69, 9.17) is 0 Å². The van der Waals surface area contributed by atoms with E-state index in [9.17, 15) is 0 Å². The molecule has 0 bridgehead atoms. The van der Waals surface area contributed by atoms with E-state index < -0.39 is 0 Å². The Morgan fingerprint density at radius 2 is 1.00 bits per heavy atom. The third-order valence-corrected chi connectivity index (χ3v) is 1.86. The molecule has 0 aliphatic heterocycles. The Bertz CT molecular complexity index is 150. The van der Waals surface area contributed by atoms with Crippen LogP contribution in [-0.4, -0.2) is 0 Å². The van der Waals surface area contributed by atoms with Crippen LogP contribution in [0.5, 0.6) is 0 Å². The minimum absolute atomic E-state index is 0. The molecule has 0 saturated heterocycles. The first-order chi connectivity index (χ1) is 3.79. The summed E-state index contributed by atoms with van der Waals surface area (Å²) >= 11 is 6.65. The number of hydrogen-bond donors (Lipinski definition) is 1. The monoisotopic (exact) mass is 251 g/mol. The van der Waals surface area contributed by atoms with Gasteiger partial charge < -0.3 is 6.15 Å². The van der Waals surface area contributed by atoms with Crippen molar-refractivity contribution in [2.24, 2.45) is 0 Å². The summed E-state index contributed by atoms with van der Waals surface area (Å²) in [6.07, 6.45) is 0. The molecule has 0 heterocycles. The van der Waals surface area contributed by atoms with Crippen LogP contribution in [0.4, 0.5) is 0 Å². The summed E-state index contributed by atoms with van der Waals surface area (Å²) in [7, 11) is 0. The van der Waals surface area contributed by atoms with Gasteiger partial charge in [0.1, 0.15) is 0 Å². The second-order valence-corrected chi connectivity index (χ2v) is 3.27. The van der Waals surface area contributed by atoms with Gasteiger partial charge in [-0.2, -0.15) is 0 Å². The number of halogens is 2. The lowest BCUT2D eigenvalue weighted by atomic mass is 10.4. The van der Waals surface area contributed by atoms with E-state index in [1.165, 1.54) is 0 Å². The van der Waals surface area contributed by atoms with Gasteiger partial charge in [-0.05, 0) is 24.3 Å². The molecule has 0 aromatic heterocycles. The maximum atomic E-state index is 3.32. The van der Waals surface area contributed by atoms with Gasteiger partial charge in [-0.1, -0.05) is 31.9 Å². The Labute approximate surface area is 71.3 Å². The molecule has 0 unspecified atom stereocenters. The molecule has 50 valence electrons. The molecule has 0 spiro atoms. The van der Waals surface area contributed by atoms with E-state index >= 15 is 0 Å². The molecule has 0 fully saturated rings. The van der Waals surface area contributed by atoms with Crippen molar-refractivity contribution in [1.82, 2.24) is 6.15 Å². The summed E-state index contributed by atoms with van der Waals surface area (Å²) in [5.74, 6) is 0. The molecule has 1 aromatic carbocycles. The van der Waals surface area contributed by atoms with Crippen LogP contribution in [0.25, 0.3) is 0 Å². The van der Waals surface area contributed by atoms with Crippen molar-refractivity contribution in [3.63, 3.8) is 0 Å². The predicted octanol–water partition coefficient (Wildman–Crippen LogP) is 3.37. The molecule has 3 heteroatoms. The fourth-order valence-corrected chi connectivity index (χ4v) is 0.958. The maximum Gasteiger partial charge on any atom is 0.0176 e. The van der Waals surface area contributed by atoms with E-state index in [1.54, 1.807) is 0 Å². The molecule has 0 aliphatic rings. The minimum atomic E-state index is 0. The van der Waals surface area contributed by atoms with Crippen molar-refractivity contribution >= 4 is 31.9 Å². The molecule has 1 aromatic rings. The Morgan fingerprint density at radius 3 is 1.22 bits per heavy atom. The highest BCUT2D eigenvalue weighted by atomic mass is 79.9. The van der Waals surface area contributed by atoms with Crippen LogP contribution < -0.4 is 6.15 Å². The van der Waals surface area contributed by atoms with Crippen molar-refractivity contribution < 1.29 is 0 Å².